The molecule has 0 amide bonds. The Morgan fingerprint density at radius 2 is 1.85 bits per heavy atom. The molecule has 136 valence electrons. The molecule has 3 rings (SSSR count). The highest BCUT2D eigenvalue weighted by molar-refractivity contribution is 5.77. The van der Waals surface area contributed by atoms with E-state index < -0.39 is 5.76 Å². The second kappa shape index (κ2) is 7.45. The van der Waals surface area contributed by atoms with Gasteiger partial charge in [-0.2, -0.15) is 4.68 Å². The molecule has 0 aliphatic rings. The normalized spacial score (nSPS) is 11.0. The lowest BCUT2D eigenvalue weighted by atomic mass is 9.90. The van der Waals surface area contributed by atoms with Gasteiger partial charge in [-0.1, -0.05) is 37.3 Å². The number of aliphatic hydroxyl groups excluding tert-OH is 1. The first-order chi connectivity index (χ1) is 12.5. The number of phenols is 2. The molecule has 7 nitrogen and oxygen atoms in total. The zero-order valence-corrected chi connectivity index (χ0v) is 14.3. The Labute approximate surface area is 149 Å². The van der Waals surface area contributed by atoms with E-state index in [4.69, 9.17) is 9.52 Å². The van der Waals surface area contributed by atoms with Crippen molar-refractivity contribution in [2.75, 3.05) is 6.61 Å². The maximum absolute atomic E-state index is 11.8. The van der Waals surface area contributed by atoms with E-state index in [1.807, 2.05) is 37.3 Å². The Bertz CT molecular complexity index is 960. The van der Waals surface area contributed by atoms with Gasteiger partial charge in [0.2, 0.25) is 5.89 Å². The van der Waals surface area contributed by atoms with E-state index in [9.17, 15) is 15.0 Å². The zero-order valence-electron chi connectivity index (χ0n) is 14.3. The van der Waals surface area contributed by atoms with E-state index in [1.165, 1.54) is 6.07 Å². The molecule has 0 saturated carbocycles. The predicted octanol–water partition coefficient (Wildman–Crippen LogP) is 2.06. The second-order valence-electron chi connectivity index (χ2n) is 5.85. The van der Waals surface area contributed by atoms with Crippen molar-refractivity contribution in [3.05, 3.63) is 64.0 Å². The van der Waals surface area contributed by atoms with Crippen molar-refractivity contribution >= 4 is 0 Å². The standard InChI is InChI=1S/C19H20N2O5/c1-2-13-14(10-17-20-21(8-9-22)19(25)26-17)18(16(24)11-15(13)23)12-6-4-3-5-7-12/h3-7,11,22-24H,2,8-10H2,1H3. The molecule has 26 heavy (non-hydrogen) atoms. The molecule has 0 unspecified atom stereocenters. The first-order valence-electron chi connectivity index (χ1n) is 8.35. The van der Waals surface area contributed by atoms with Crippen LogP contribution in [0.4, 0.5) is 0 Å². The lowest BCUT2D eigenvalue weighted by molar-refractivity contribution is 0.264. The lowest BCUT2D eigenvalue weighted by Gasteiger charge is -2.16. The van der Waals surface area contributed by atoms with Gasteiger partial charge >= 0.3 is 5.76 Å². The molecule has 0 radical (unpaired) electrons. The van der Waals surface area contributed by atoms with Crippen LogP contribution in [0, 0.1) is 0 Å². The van der Waals surface area contributed by atoms with Crippen LogP contribution in [0.1, 0.15) is 23.9 Å². The molecule has 7 heteroatoms. The van der Waals surface area contributed by atoms with E-state index in [0.29, 0.717) is 23.1 Å². The van der Waals surface area contributed by atoms with Gasteiger partial charge in [0.05, 0.1) is 19.6 Å². The lowest BCUT2D eigenvalue weighted by Crippen LogP contribution is -2.17. The smallest absolute Gasteiger partial charge is 0.437 e. The number of aliphatic hydroxyl groups is 1. The third-order valence-corrected chi connectivity index (χ3v) is 4.21. The van der Waals surface area contributed by atoms with Crippen molar-refractivity contribution in [2.45, 2.75) is 26.3 Å². The number of aromatic hydroxyl groups is 2. The van der Waals surface area contributed by atoms with Gasteiger partial charge in [-0.25, -0.2) is 4.79 Å². The highest BCUT2D eigenvalue weighted by atomic mass is 16.4. The van der Waals surface area contributed by atoms with Crippen LogP contribution in [-0.2, 0) is 19.4 Å². The Kier molecular flexibility index (Phi) is 5.09. The largest absolute Gasteiger partial charge is 0.508 e. The molecule has 0 bridgehead atoms. The number of hydrogen-bond acceptors (Lipinski definition) is 6. The van der Waals surface area contributed by atoms with Gasteiger partial charge in [0.25, 0.3) is 0 Å². The first-order valence-corrected chi connectivity index (χ1v) is 8.35. The van der Waals surface area contributed by atoms with Crippen LogP contribution in [0.2, 0.25) is 0 Å². The molecular weight excluding hydrogens is 336 g/mol. The quantitative estimate of drug-likeness (QED) is 0.624. The van der Waals surface area contributed by atoms with Crippen LogP contribution in [0.5, 0.6) is 11.5 Å². The third kappa shape index (κ3) is 3.34. The molecule has 1 heterocycles. The van der Waals surface area contributed by atoms with Crippen molar-refractivity contribution in [1.82, 2.24) is 9.78 Å². The molecule has 1 aromatic heterocycles. The summed E-state index contributed by atoms with van der Waals surface area (Å²) in [5.74, 6) is -0.576. The summed E-state index contributed by atoms with van der Waals surface area (Å²) < 4.78 is 6.21. The van der Waals surface area contributed by atoms with Gasteiger partial charge in [-0.15, -0.1) is 5.10 Å². The Balaban J connectivity index is 2.15. The third-order valence-electron chi connectivity index (χ3n) is 4.21. The van der Waals surface area contributed by atoms with Crippen molar-refractivity contribution in [3.63, 3.8) is 0 Å². The number of benzene rings is 2. The highest BCUT2D eigenvalue weighted by Crippen LogP contribution is 2.40. The summed E-state index contributed by atoms with van der Waals surface area (Å²) in [6.07, 6.45) is 0.659. The fraction of sp³-hybridized carbons (Fsp3) is 0.263. The van der Waals surface area contributed by atoms with E-state index in [1.54, 1.807) is 0 Å². The minimum absolute atomic E-state index is 0.0168. The number of phenolic OH excluding ortho intramolecular Hbond substituents is 2. The molecule has 0 saturated heterocycles. The van der Waals surface area contributed by atoms with Gasteiger partial charge in [-0.3, -0.25) is 0 Å². The summed E-state index contributed by atoms with van der Waals surface area (Å²) in [6, 6.07) is 10.6. The van der Waals surface area contributed by atoms with Crippen molar-refractivity contribution in [1.29, 1.82) is 0 Å². The Morgan fingerprint density at radius 1 is 1.12 bits per heavy atom. The van der Waals surface area contributed by atoms with E-state index >= 15 is 0 Å². The Hall–Kier alpha value is -3.06. The molecule has 0 aliphatic heterocycles. The van der Waals surface area contributed by atoms with Gasteiger partial charge < -0.3 is 19.7 Å². The molecular formula is C19H20N2O5. The van der Waals surface area contributed by atoms with Crippen molar-refractivity contribution in [2.24, 2.45) is 0 Å². The van der Waals surface area contributed by atoms with E-state index in [0.717, 1.165) is 10.2 Å². The van der Waals surface area contributed by atoms with Crippen LogP contribution in [0.25, 0.3) is 11.1 Å². The average Bonchev–Trinajstić information content (AvgIpc) is 2.95. The van der Waals surface area contributed by atoms with Crippen LogP contribution < -0.4 is 5.76 Å². The maximum atomic E-state index is 11.8. The topological polar surface area (TPSA) is 109 Å². The number of nitrogens with zero attached hydrogens (tertiary/aromatic N) is 2. The Morgan fingerprint density at radius 3 is 2.50 bits per heavy atom. The average molecular weight is 356 g/mol. The molecule has 3 N–H and O–H groups in total. The first kappa shape index (κ1) is 17.8. The highest BCUT2D eigenvalue weighted by Gasteiger charge is 2.21. The fourth-order valence-corrected chi connectivity index (χ4v) is 3.07. The maximum Gasteiger partial charge on any atom is 0.437 e. The van der Waals surface area contributed by atoms with Gasteiger partial charge in [0, 0.05) is 11.6 Å². The monoisotopic (exact) mass is 356 g/mol. The van der Waals surface area contributed by atoms with Gasteiger partial charge in [0.15, 0.2) is 0 Å². The van der Waals surface area contributed by atoms with E-state index in [2.05, 4.69) is 5.10 Å². The SMILES string of the molecule is CCc1c(O)cc(O)c(-c2ccccc2)c1Cc1nn(CCO)c(=O)o1. The number of hydrogen-bond donors (Lipinski definition) is 3. The molecule has 0 atom stereocenters. The van der Waals surface area contributed by atoms with Gasteiger partial charge in [0.1, 0.15) is 11.5 Å². The van der Waals surface area contributed by atoms with Crippen LogP contribution >= 0.6 is 0 Å². The van der Waals surface area contributed by atoms with Crippen molar-refractivity contribution in [3.8, 4) is 22.6 Å². The van der Waals surface area contributed by atoms with E-state index in [-0.39, 0.29) is 37.0 Å². The zero-order chi connectivity index (χ0) is 18.7. The van der Waals surface area contributed by atoms with Crippen LogP contribution in [0.15, 0.2) is 45.6 Å². The molecule has 2 aromatic carbocycles. The summed E-state index contributed by atoms with van der Waals surface area (Å²) in [6.45, 7) is 1.71. The summed E-state index contributed by atoms with van der Waals surface area (Å²) in [7, 11) is 0. The predicted molar refractivity (Wildman–Crippen MR) is 95.2 cm³/mol. The molecule has 0 fully saturated rings. The van der Waals surface area contributed by atoms with Gasteiger partial charge in [-0.05, 0) is 23.1 Å². The molecule has 0 aliphatic carbocycles. The second-order valence-corrected chi connectivity index (χ2v) is 5.85. The summed E-state index contributed by atoms with van der Waals surface area (Å²) in [4.78, 5) is 11.8. The summed E-state index contributed by atoms with van der Waals surface area (Å²) in [5.41, 5.74) is 2.65. The van der Waals surface area contributed by atoms with Crippen molar-refractivity contribution < 1.29 is 19.7 Å². The summed E-state index contributed by atoms with van der Waals surface area (Å²) >= 11 is 0. The fourth-order valence-electron chi connectivity index (χ4n) is 3.07. The van der Waals surface area contributed by atoms with Crippen LogP contribution in [0.3, 0.4) is 0 Å². The number of aromatic nitrogens is 2. The molecule has 3 aromatic rings. The molecule has 0 spiro atoms. The van der Waals surface area contributed by atoms with Crippen LogP contribution in [-0.4, -0.2) is 31.7 Å². The summed E-state index contributed by atoms with van der Waals surface area (Å²) in [5, 5.41) is 33.8. The number of rotatable bonds is 6. The minimum Gasteiger partial charge on any atom is -0.508 e. The minimum atomic E-state index is -0.655.